The maximum absolute atomic E-state index is 11.4. The molecule has 0 amide bonds. The van der Waals surface area contributed by atoms with Crippen LogP contribution in [0.2, 0.25) is 0 Å². The molecule has 0 aromatic rings. The molecule has 0 unspecified atom stereocenters. The summed E-state index contributed by atoms with van der Waals surface area (Å²) in [4.78, 5) is 22.3. The molecule has 0 aromatic carbocycles. The van der Waals surface area contributed by atoms with Crippen LogP contribution in [0.25, 0.3) is 0 Å². The first kappa shape index (κ1) is 13.1. The van der Waals surface area contributed by atoms with Gasteiger partial charge in [-0.2, -0.15) is 0 Å². The molecule has 0 rings (SSSR count). The summed E-state index contributed by atoms with van der Waals surface area (Å²) in [6.07, 6.45) is 1.03. The first-order valence-corrected chi connectivity index (χ1v) is 5.02. The van der Waals surface area contributed by atoms with E-state index < -0.39 is 0 Å². The van der Waals surface area contributed by atoms with E-state index in [1.807, 2.05) is 20.8 Å². The Kier molecular flexibility index (Phi) is 5.43. The van der Waals surface area contributed by atoms with E-state index in [0.717, 1.165) is 0 Å². The van der Waals surface area contributed by atoms with Gasteiger partial charge in [0.2, 0.25) is 0 Å². The van der Waals surface area contributed by atoms with Crippen LogP contribution in [0, 0.1) is 5.41 Å². The summed E-state index contributed by atoms with van der Waals surface area (Å²) in [5.74, 6) is -0.152. The third-order valence-corrected chi connectivity index (χ3v) is 1.64. The standard InChI is InChI=1S/C11H20O3/c1-5-14-10(13)7-6-9(12)8-11(2,3)4/h5-8H2,1-4H3. The van der Waals surface area contributed by atoms with Gasteiger partial charge in [-0.25, -0.2) is 0 Å². The molecule has 3 heteroatoms. The molecule has 0 heterocycles. The highest BCUT2D eigenvalue weighted by atomic mass is 16.5. The number of Topliss-reactive ketones (excluding diaryl/α,β-unsaturated/α-hetero) is 1. The van der Waals surface area contributed by atoms with Gasteiger partial charge in [0.25, 0.3) is 0 Å². The van der Waals surface area contributed by atoms with Gasteiger partial charge in [-0.15, -0.1) is 0 Å². The van der Waals surface area contributed by atoms with E-state index in [1.54, 1.807) is 6.92 Å². The van der Waals surface area contributed by atoms with Crippen LogP contribution in [-0.2, 0) is 14.3 Å². The first-order chi connectivity index (χ1) is 6.35. The van der Waals surface area contributed by atoms with E-state index in [1.165, 1.54) is 0 Å². The summed E-state index contributed by atoms with van der Waals surface area (Å²) in [7, 11) is 0. The van der Waals surface area contributed by atoms with E-state index in [4.69, 9.17) is 4.74 Å². The monoisotopic (exact) mass is 200 g/mol. The number of rotatable bonds is 5. The summed E-state index contributed by atoms with van der Waals surface area (Å²) < 4.78 is 4.73. The Bertz CT molecular complexity index is 201. The number of carbonyl (C=O) groups is 2. The zero-order valence-electron chi connectivity index (χ0n) is 9.55. The molecular weight excluding hydrogens is 180 g/mol. The molecular formula is C11H20O3. The highest BCUT2D eigenvalue weighted by molar-refractivity contribution is 5.83. The van der Waals surface area contributed by atoms with E-state index in [2.05, 4.69) is 0 Å². The van der Waals surface area contributed by atoms with Crippen LogP contribution < -0.4 is 0 Å². The molecule has 0 aliphatic rings. The Balaban J connectivity index is 3.70. The maximum atomic E-state index is 11.4. The van der Waals surface area contributed by atoms with Crippen molar-refractivity contribution in [1.29, 1.82) is 0 Å². The Morgan fingerprint density at radius 2 is 1.71 bits per heavy atom. The zero-order valence-corrected chi connectivity index (χ0v) is 9.55. The zero-order chi connectivity index (χ0) is 11.2. The Morgan fingerprint density at radius 1 is 1.14 bits per heavy atom. The second-order valence-electron chi connectivity index (χ2n) is 4.58. The predicted molar refractivity (Wildman–Crippen MR) is 54.9 cm³/mol. The largest absolute Gasteiger partial charge is 0.466 e. The molecule has 0 spiro atoms. The molecule has 3 nitrogen and oxygen atoms in total. The second-order valence-corrected chi connectivity index (χ2v) is 4.58. The fourth-order valence-corrected chi connectivity index (χ4v) is 1.15. The highest BCUT2D eigenvalue weighted by Gasteiger charge is 2.16. The van der Waals surface area contributed by atoms with Crippen molar-refractivity contribution in [2.45, 2.75) is 47.0 Å². The van der Waals surface area contributed by atoms with Gasteiger partial charge >= 0.3 is 5.97 Å². The van der Waals surface area contributed by atoms with Gasteiger partial charge in [-0.1, -0.05) is 20.8 Å². The lowest BCUT2D eigenvalue weighted by Gasteiger charge is -2.16. The number of carbonyl (C=O) groups excluding carboxylic acids is 2. The smallest absolute Gasteiger partial charge is 0.306 e. The van der Waals surface area contributed by atoms with Crippen LogP contribution in [0.15, 0.2) is 0 Å². The topological polar surface area (TPSA) is 43.4 Å². The van der Waals surface area contributed by atoms with E-state index in [9.17, 15) is 9.59 Å². The summed E-state index contributed by atoms with van der Waals surface area (Å²) in [5.41, 5.74) is 0.00570. The van der Waals surface area contributed by atoms with Gasteiger partial charge in [0.15, 0.2) is 0 Å². The van der Waals surface area contributed by atoms with Crippen LogP contribution in [0.1, 0.15) is 47.0 Å². The normalized spacial score (nSPS) is 11.1. The van der Waals surface area contributed by atoms with Crippen molar-refractivity contribution in [2.75, 3.05) is 6.61 Å². The van der Waals surface area contributed by atoms with Gasteiger partial charge < -0.3 is 4.74 Å². The molecule has 0 aliphatic heterocycles. The summed E-state index contributed by atoms with van der Waals surface area (Å²) >= 11 is 0. The van der Waals surface area contributed by atoms with Crippen molar-refractivity contribution in [2.24, 2.45) is 5.41 Å². The second kappa shape index (κ2) is 5.78. The van der Waals surface area contributed by atoms with Gasteiger partial charge in [0.05, 0.1) is 13.0 Å². The van der Waals surface area contributed by atoms with Gasteiger partial charge in [0.1, 0.15) is 5.78 Å². The lowest BCUT2D eigenvalue weighted by atomic mass is 9.89. The van der Waals surface area contributed by atoms with Gasteiger partial charge in [-0.3, -0.25) is 9.59 Å². The van der Waals surface area contributed by atoms with Gasteiger partial charge in [-0.05, 0) is 12.3 Å². The molecule has 0 saturated heterocycles. The number of esters is 1. The third kappa shape index (κ3) is 7.77. The number of hydrogen-bond acceptors (Lipinski definition) is 3. The highest BCUT2D eigenvalue weighted by Crippen LogP contribution is 2.19. The predicted octanol–water partition coefficient (Wildman–Crippen LogP) is 2.33. The summed E-state index contributed by atoms with van der Waals surface area (Å²) in [6, 6.07) is 0. The Morgan fingerprint density at radius 3 is 2.14 bits per heavy atom. The van der Waals surface area contributed by atoms with Crippen molar-refractivity contribution >= 4 is 11.8 Å². The summed E-state index contributed by atoms with van der Waals surface area (Å²) in [6.45, 7) is 8.17. The number of ketones is 1. The quantitative estimate of drug-likeness (QED) is 0.640. The van der Waals surface area contributed by atoms with Crippen LogP contribution in [0.3, 0.4) is 0 Å². The van der Waals surface area contributed by atoms with Crippen molar-refractivity contribution in [3.8, 4) is 0 Å². The summed E-state index contributed by atoms with van der Waals surface area (Å²) in [5, 5.41) is 0. The molecule has 82 valence electrons. The molecule has 0 aliphatic carbocycles. The number of hydrogen-bond donors (Lipinski definition) is 0. The van der Waals surface area contributed by atoms with E-state index >= 15 is 0 Å². The minimum Gasteiger partial charge on any atom is -0.466 e. The molecule has 0 fully saturated rings. The minimum atomic E-state index is -0.283. The maximum Gasteiger partial charge on any atom is 0.306 e. The minimum absolute atomic E-state index is 0.00570. The van der Waals surface area contributed by atoms with Crippen LogP contribution in [0.4, 0.5) is 0 Å². The van der Waals surface area contributed by atoms with Gasteiger partial charge in [0, 0.05) is 12.8 Å². The molecule has 0 atom stereocenters. The lowest BCUT2D eigenvalue weighted by Crippen LogP contribution is -2.14. The molecule has 0 saturated carbocycles. The fourth-order valence-electron chi connectivity index (χ4n) is 1.15. The third-order valence-electron chi connectivity index (χ3n) is 1.64. The lowest BCUT2D eigenvalue weighted by molar-refractivity contribution is -0.144. The molecule has 0 bridgehead atoms. The Labute approximate surface area is 85.8 Å². The van der Waals surface area contributed by atoms with Crippen LogP contribution in [0.5, 0.6) is 0 Å². The average molecular weight is 200 g/mol. The first-order valence-electron chi connectivity index (χ1n) is 5.02. The van der Waals surface area contributed by atoms with Crippen molar-refractivity contribution in [3.05, 3.63) is 0 Å². The number of ether oxygens (including phenoxy) is 1. The fraction of sp³-hybridized carbons (Fsp3) is 0.818. The average Bonchev–Trinajstić information content (AvgIpc) is 1.98. The van der Waals surface area contributed by atoms with Crippen molar-refractivity contribution in [1.82, 2.24) is 0 Å². The van der Waals surface area contributed by atoms with E-state index in [0.29, 0.717) is 19.4 Å². The SMILES string of the molecule is CCOC(=O)CCC(=O)CC(C)(C)C. The van der Waals surface area contributed by atoms with E-state index in [-0.39, 0.29) is 23.6 Å². The van der Waals surface area contributed by atoms with Crippen molar-refractivity contribution in [3.63, 3.8) is 0 Å². The van der Waals surface area contributed by atoms with Crippen LogP contribution in [-0.4, -0.2) is 18.4 Å². The van der Waals surface area contributed by atoms with Crippen LogP contribution >= 0.6 is 0 Å². The van der Waals surface area contributed by atoms with Crippen molar-refractivity contribution < 1.29 is 14.3 Å². The molecule has 0 radical (unpaired) electrons. The molecule has 0 N–H and O–H groups in total. The Hall–Kier alpha value is -0.860. The molecule has 0 aromatic heterocycles. The molecule has 14 heavy (non-hydrogen) atoms.